The van der Waals surface area contributed by atoms with Gasteiger partial charge in [0, 0.05) is 18.0 Å². The fourth-order valence-corrected chi connectivity index (χ4v) is 2.43. The Kier molecular flexibility index (Phi) is 3.80. The van der Waals surface area contributed by atoms with E-state index in [-0.39, 0.29) is 10.7 Å². The zero-order valence-electron chi connectivity index (χ0n) is 11.0. The zero-order valence-corrected chi connectivity index (χ0v) is 11.8. The third kappa shape index (κ3) is 2.83. The lowest BCUT2D eigenvalue weighted by atomic mass is 10.1. The third-order valence-electron chi connectivity index (χ3n) is 2.59. The molecule has 0 aliphatic heterocycles. The van der Waals surface area contributed by atoms with Gasteiger partial charge in [0.2, 0.25) is 5.82 Å². The molecule has 6 nitrogen and oxygen atoms in total. The Labute approximate surface area is 116 Å². The van der Waals surface area contributed by atoms with Crippen LogP contribution in [0.25, 0.3) is 11.3 Å². The largest absolute Gasteiger partial charge is 0.463 e. The first-order valence-electron chi connectivity index (χ1n) is 5.68. The maximum absolute atomic E-state index is 12.0. The van der Waals surface area contributed by atoms with Gasteiger partial charge in [-0.05, 0) is 0 Å². The lowest BCUT2D eigenvalue weighted by Gasteiger charge is -2.09. The maximum Gasteiger partial charge on any atom is 0.376 e. The second-order valence-corrected chi connectivity index (χ2v) is 6.23. The number of carbonyl (C=O) groups excluding carboxylic acids is 1. The topological polar surface area (TPSA) is 93.0 Å². The molecule has 1 N–H and O–H groups in total. The van der Waals surface area contributed by atoms with E-state index in [9.17, 15) is 9.00 Å². The molecule has 104 valence electrons. The van der Waals surface area contributed by atoms with Crippen LogP contribution in [-0.2, 0) is 14.5 Å². The molecule has 0 saturated heterocycles. The van der Waals surface area contributed by atoms with Crippen molar-refractivity contribution in [2.75, 3.05) is 13.4 Å². The van der Waals surface area contributed by atoms with E-state index in [1.165, 1.54) is 19.6 Å². The molecule has 1 aromatic heterocycles. The summed E-state index contributed by atoms with van der Waals surface area (Å²) in [5, 5.41) is 0. The predicted molar refractivity (Wildman–Crippen MR) is 73.9 cm³/mol. The van der Waals surface area contributed by atoms with Crippen LogP contribution in [0.1, 0.15) is 10.6 Å². The second-order valence-electron chi connectivity index (χ2n) is 4.11. The fraction of sp³-hybridized carbons (Fsp3) is 0.154. The van der Waals surface area contributed by atoms with E-state index in [0.29, 0.717) is 11.3 Å². The Morgan fingerprint density at radius 1 is 1.30 bits per heavy atom. The SMILES string of the molecule is COC(=O)c1ncc(S(C)(=N)=O)c(-c2ccccc2)n1. The van der Waals surface area contributed by atoms with Gasteiger partial charge in [0.05, 0.1) is 27.4 Å². The summed E-state index contributed by atoms with van der Waals surface area (Å²) in [6.07, 6.45) is 2.53. The van der Waals surface area contributed by atoms with Crippen molar-refractivity contribution in [2.45, 2.75) is 4.90 Å². The summed E-state index contributed by atoms with van der Waals surface area (Å²) in [7, 11) is -1.78. The van der Waals surface area contributed by atoms with Gasteiger partial charge in [0.15, 0.2) is 0 Å². The molecule has 0 aliphatic rings. The van der Waals surface area contributed by atoms with Gasteiger partial charge >= 0.3 is 5.97 Å². The van der Waals surface area contributed by atoms with Gasteiger partial charge in [-0.1, -0.05) is 30.3 Å². The number of hydrogen-bond acceptors (Lipinski definition) is 6. The van der Waals surface area contributed by atoms with Gasteiger partial charge in [0.25, 0.3) is 0 Å². The third-order valence-corrected chi connectivity index (χ3v) is 3.73. The summed E-state index contributed by atoms with van der Waals surface area (Å²) in [5.74, 6) is -0.805. The lowest BCUT2D eigenvalue weighted by molar-refractivity contribution is 0.0586. The lowest BCUT2D eigenvalue weighted by Crippen LogP contribution is -2.11. The van der Waals surface area contributed by atoms with Crippen LogP contribution >= 0.6 is 0 Å². The first kappa shape index (κ1) is 14.1. The molecule has 0 saturated carbocycles. The number of carbonyl (C=O) groups is 1. The minimum absolute atomic E-state index is 0.126. The van der Waals surface area contributed by atoms with Crippen LogP contribution in [0.2, 0.25) is 0 Å². The summed E-state index contributed by atoms with van der Waals surface area (Å²) in [6.45, 7) is 0. The maximum atomic E-state index is 12.0. The molecule has 1 aromatic carbocycles. The van der Waals surface area contributed by atoms with Gasteiger partial charge in [-0.25, -0.2) is 23.8 Å². The molecule has 1 atom stereocenters. The summed E-state index contributed by atoms with van der Waals surface area (Å²) in [4.78, 5) is 19.6. The molecule has 0 amide bonds. The summed E-state index contributed by atoms with van der Waals surface area (Å²) in [6, 6.07) is 8.94. The number of nitrogens with zero attached hydrogens (tertiary/aromatic N) is 2. The molecule has 1 heterocycles. The van der Waals surface area contributed by atoms with E-state index in [1.807, 2.05) is 6.07 Å². The molecule has 2 aromatic rings. The average molecular weight is 291 g/mol. The van der Waals surface area contributed by atoms with Gasteiger partial charge in [0.1, 0.15) is 0 Å². The standard InChI is InChI=1S/C13H13N3O3S/c1-19-13(17)12-15-8-10(20(2,14)18)11(16-12)9-6-4-3-5-7-9/h3-8,14H,1-2H3. The summed E-state index contributed by atoms with van der Waals surface area (Å²) >= 11 is 0. The van der Waals surface area contributed by atoms with Crippen LogP contribution < -0.4 is 0 Å². The Hall–Kier alpha value is -2.28. The summed E-state index contributed by atoms with van der Waals surface area (Å²) < 4.78 is 24.3. The van der Waals surface area contributed by atoms with Gasteiger partial charge < -0.3 is 4.74 Å². The number of methoxy groups -OCH3 is 1. The molecular formula is C13H13N3O3S. The average Bonchev–Trinajstić information content (AvgIpc) is 2.45. The van der Waals surface area contributed by atoms with Crippen LogP contribution in [0.15, 0.2) is 41.4 Å². The molecular weight excluding hydrogens is 278 g/mol. The quantitative estimate of drug-likeness (QED) is 0.873. The van der Waals surface area contributed by atoms with Crippen molar-refractivity contribution in [1.82, 2.24) is 9.97 Å². The number of ether oxygens (including phenoxy) is 1. The normalized spacial score (nSPS) is 13.5. The molecule has 0 bridgehead atoms. The van der Waals surface area contributed by atoms with Crippen molar-refractivity contribution in [1.29, 1.82) is 4.78 Å². The molecule has 1 unspecified atom stereocenters. The number of rotatable bonds is 3. The first-order chi connectivity index (χ1) is 9.43. The zero-order chi connectivity index (χ0) is 14.8. The Morgan fingerprint density at radius 2 is 1.95 bits per heavy atom. The molecule has 0 fully saturated rings. The van der Waals surface area contributed by atoms with E-state index >= 15 is 0 Å². The van der Waals surface area contributed by atoms with Crippen LogP contribution in [0, 0.1) is 4.78 Å². The monoisotopic (exact) mass is 291 g/mol. The number of hydrogen-bond donors (Lipinski definition) is 1. The molecule has 0 radical (unpaired) electrons. The van der Waals surface area contributed by atoms with Crippen LogP contribution in [0.5, 0.6) is 0 Å². The Bertz CT molecular complexity index is 743. The van der Waals surface area contributed by atoms with E-state index in [2.05, 4.69) is 14.7 Å². The highest BCUT2D eigenvalue weighted by Gasteiger charge is 2.18. The van der Waals surface area contributed by atoms with E-state index in [1.54, 1.807) is 24.3 Å². The second kappa shape index (κ2) is 5.38. The van der Waals surface area contributed by atoms with Crippen LogP contribution in [0.4, 0.5) is 0 Å². The molecule has 7 heteroatoms. The molecule has 2 rings (SSSR count). The van der Waals surface area contributed by atoms with E-state index in [4.69, 9.17) is 4.78 Å². The van der Waals surface area contributed by atoms with Gasteiger partial charge in [-0.3, -0.25) is 0 Å². The van der Waals surface area contributed by atoms with E-state index in [0.717, 1.165) is 0 Å². The first-order valence-corrected chi connectivity index (χ1v) is 7.64. The number of benzene rings is 1. The minimum Gasteiger partial charge on any atom is -0.463 e. The molecule has 0 spiro atoms. The number of esters is 1. The highest BCUT2D eigenvalue weighted by molar-refractivity contribution is 7.91. The Balaban J connectivity index is 2.70. The van der Waals surface area contributed by atoms with Crippen molar-refractivity contribution in [3.63, 3.8) is 0 Å². The molecule has 20 heavy (non-hydrogen) atoms. The van der Waals surface area contributed by atoms with Crippen LogP contribution in [0.3, 0.4) is 0 Å². The molecule has 0 aliphatic carbocycles. The van der Waals surface area contributed by atoms with Crippen molar-refractivity contribution < 1.29 is 13.7 Å². The van der Waals surface area contributed by atoms with Gasteiger partial charge in [-0.15, -0.1) is 0 Å². The Morgan fingerprint density at radius 3 is 2.50 bits per heavy atom. The van der Waals surface area contributed by atoms with Crippen molar-refractivity contribution in [2.24, 2.45) is 0 Å². The van der Waals surface area contributed by atoms with Crippen molar-refractivity contribution >= 4 is 15.7 Å². The number of nitrogens with one attached hydrogen (secondary N) is 1. The van der Waals surface area contributed by atoms with Crippen molar-refractivity contribution in [3.8, 4) is 11.3 Å². The minimum atomic E-state index is -3.01. The predicted octanol–water partition coefficient (Wildman–Crippen LogP) is 1.97. The van der Waals surface area contributed by atoms with E-state index < -0.39 is 15.7 Å². The highest BCUT2D eigenvalue weighted by atomic mass is 32.2. The van der Waals surface area contributed by atoms with Gasteiger partial charge in [-0.2, -0.15) is 0 Å². The fourth-order valence-electron chi connectivity index (χ4n) is 1.65. The number of aromatic nitrogens is 2. The van der Waals surface area contributed by atoms with Crippen LogP contribution in [-0.4, -0.2) is 33.5 Å². The highest BCUT2D eigenvalue weighted by Crippen LogP contribution is 2.25. The smallest absolute Gasteiger partial charge is 0.376 e. The van der Waals surface area contributed by atoms with Crippen molar-refractivity contribution in [3.05, 3.63) is 42.4 Å². The summed E-state index contributed by atoms with van der Waals surface area (Å²) in [5.41, 5.74) is 0.973.